The first-order valence-electron chi connectivity index (χ1n) is 6.31. The molecule has 3 nitrogen and oxygen atoms in total. The molecule has 0 unspecified atom stereocenters. The van der Waals surface area contributed by atoms with Gasteiger partial charge in [-0.05, 0) is 17.7 Å². The predicted molar refractivity (Wildman–Crippen MR) is 76.1 cm³/mol. The third kappa shape index (κ3) is 2.15. The lowest BCUT2D eigenvalue weighted by Crippen LogP contribution is -1.97. The zero-order valence-corrected chi connectivity index (χ0v) is 10.7. The van der Waals surface area contributed by atoms with Crippen LogP contribution < -0.4 is 4.74 Å². The molecule has 0 bridgehead atoms. The second-order valence-electron chi connectivity index (χ2n) is 4.20. The molecule has 0 aliphatic carbocycles. The summed E-state index contributed by atoms with van der Waals surface area (Å²) in [5.74, 6) is 0.723. The van der Waals surface area contributed by atoms with E-state index in [0.29, 0.717) is 6.61 Å². The third-order valence-corrected chi connectivity index (χ3v) is 3.02. The molecule has 3 rings (SSSR count). The molecule has 19 heavy (non-hydrogen) atoms. The summed E-state index contributed by atoms with van der Waals surface area (Å²) < 4.78 is 5.62. The van der Waals surface area contributed by atoms with Crippen molar-refractivity contribution in [1.82, 2.24) is 9.97 Å². The molecule has 0 atom stereocenters. The molecule has 3 heteroatoms. The van der Waals surface area contributed by atoms with Crippen LogP contribution in [-0.4, -0.2) is 16.6 Å². The van der Waals surface area contributed by atoms with Crippen LogP contribution in [0.25, 0.3) is 22.0 Å². The molecule has 0 spiro atoms. The second kappa shape index (κ2) is 5.06. The molecule has 94 valence electrons. The fourth-order valence-corrected chi connectivity index (χ4v) is 2.21. The lowest BCUT2D eigenvalue weighted by atomic mass is 10.0. The molecular formula is C16H14N2O. The van der Waals surface area contributed by atoms with Gasteiger partial charge in [0, 0.05) is 5.56 Å². The topological polar surface area (TPSA) is 35.0 Å². The van der Waals surface area contributed by atoms with E-state index in [1.54, 1.807) is 12.5 Å². The highest BCUT2D eigenvalue weighted by molar-refractivity contribution is 5.96. The average molecular weight is 250 g/mol. The molecule has 0 N–H and O–H groups in total. The highest BCUT2D eigenvalue weighted by Gasteiger charge is 2.10. The zero-order chi connectivity index (χ0) is 13.1. The molecule has 3 aromatic rings. The van der Waals surface area contributed by atoms with E-state index in [4.69, 9.17) is 4.74 Å². The lowest BCUT2D eigenvalue weighted by molar-refractivity contribution is 0.339. The monoisotopic (exact) mass is 250 g/mol. The van der Waals surface area contributed by atoms with Crippen molar-refractivity contribution in [2.75, 3.05) is 6.61 Å². The van der Waals surface area contributed by atoms with E-state index in [-0.39, 0.29) is 0 Å². The third-order valence-electron chi connectivity index (χ3n) is 3.02. The number of ether oxygens (including phenoxy) is 1. The molecule has 0 saturated heterocycles. The Balaban J connectivity index is 2.25. The summed E-state index contributed by atoms with van der Waals surface area (Å²) in [5.41, 5.74) is 1.91. The van der Waals surface area contributed by atoms with Gasteiger partial charge in [0.1, 0.15) is 12.0 Å². The van der Waals surface area contributed by atoms with E-state index in [1.165, 1.54) is 10.8 Å². The summed E-state index contributed by atoms with van der Waals surface area (Å²) in [6.07, 6.45) is 3.27. The quantitative estimate of drug-likeness (QED) is 0.711. The van der Waals surface area contributed by atoms with Crippen LogP contribution in [0.1, 0.15) is 6.92 Å². The van der Waals surface area contributed by atoms with Gasteiger partial charge in [-0.15, -0.1) is 0 Å². The molecule has 0 radical (unpaired) electrons. The van der Waals surface area contributed by atoms with E-state index in [1.807, 2.05) is 25.1 Å². The summed E-state index contributed by atoms with van der Waals surface area (Å²) in [6.45, 7) is 2.56. The average Bonchev–Trinajstić information content (AvgIpc) is 2.48. The van der Waals surface area contributed by atoms with Crippen LogP contribution in [0.2, 0.25) is 0 Å². The van der Waals surface area contributed by atoms with Crippen molar-refractivity contribution >= 4 is 10.8 Å². The Morgan fingerprint density at radius 3 is 2.79 bits per heavy atom. The van der Waals surface area contributed by atoms with Crippen LogP contribution in [-0.2, 0) is 0 Å². The Hall–Kier alpha value is -2.42. The normalized spacial score (nSPS) is 10.6. The molecule has 0 aliphatic rings. The van der Waals surface area contributed by atoms with Gasteiger partial charge in [-0.1, -0.05) is 42.5 Å². The Kier molecular flexibility index (Phi) is 3.11. The largest absolute Gasteiger partial charge is 0.490 e. The van der Waals surface area contributed by atoms with Crippen LogP contribution in [0.15, 0.2) is 55.0 Å². The number of aromatic nitrogens is 2. The minimum Gasteiger partial charge on any atom is -0.490 e. The Morgan fingerprint density at radius 1 is 1.05 bits per heavy atom. The summed E-state index contributed by atoms with van der Waals surface area (Å²) in [6, 6.07) is 14.5. The standard InChI is InChI=1S/C16H14N2O/c1-2-19-15-10-17-11-18-16(15)14-9-5-7-12-6-3-4-8-13(12)14/h3-11H,2H2,1H3. The van der Waals surface area contributed by atoms with Gasteiger partial charge in [0.15, 0.2) is 5.75 Å². The zero-order valence-electron chi connectivity index (χ0n) is 10.7. The van der Waals surface area contributed by atoms with E-state index < -0.39 is 0 Å². The highest BCUT2D eigenvalue weighted by Crippen LogP contribution is 2.32. The summed E-state index contributed by atoms with van der Waals surface area (Å²) in [4.78, 5) is 8.41. The van der Waals surface area contributed by atoms with Gasteiger partial charge in [-0.2, -0.15) is 0 Å². The first kappa shape index (κ1) is 11.7. The number of hydrogen-bond donors (Lipinski definition) is 0. The molecule has 0 saturated carbocycles. The van der Waals surface area contributed by atoms with Crippen molar-refractivity contribution < 1.29 is 4.74 Å². The van der Waals surface area contributed by atoms with Crippen LogP contribution in [0, 0.1) is 0 Å². The smallest absolute Gasteiger partial charge is 0.163 e. The Labute approximate surface area is 111 Å². The summed E-state index contributed by atoms with van der Waals surface area (Å²) in [5, 5.41) is 2.37. The van der Waals surface area contributed by atoms with Gasteiger partial charge in [0.25, 0.3) is 0 Å². The van der Waals surface area contributed by atoms with E-state index in [0.717, 1.165) is 17.0 Å². The Morgan fingerprint density at radius 2 is 1.89 bits per heavy atom. The van der Waals surface area contributed by atoms with Gasteiger partial charge >= 0.3 is 0 Å². The molecule has 0 amide bonds. The summed E-state index contributed by atoms with van der Waals surface area (Å²) >= 11 is 0. The highest BCUT2D eigenvalue weighted by atomic mass is 16.5. The molecule has 2 aromatic carbocycles. The number of hydrogen-bond acceptors (Lipinski definition) is 3. The molecule has 1 aromatic heterocycles. The van der Waals surface area contributed by atoms with Gasteiger partial charge in [0.2, 0.25) is 0 Å². The Bertz CT molecular complexity index is 704. The van der Waals surface area contributed by atoms with Crippen molar-refractivity contribution in [3.63, 3.8) is 0 Å². The van der Waals surface area contributed by atoms with Gasteiger partial charge in [-0.3, -0.25) is 0 Å². The van der Waals surface area contributed by atoms with Crippen molar-refractivity contribution in [3.8, 4) is 17.0 Å². The fraction of sp³-hybridized carbons (Fsp3) is 0.125. The minimum atomic E-state index is 0.602. The first-order valence-corrected chi connectivity index (χ1v) is 6.31. The van der Waals surface area contributed by atoms with Gasteiger partial charge < -0.3 is 4.74 Å². The van der Waals surface area contributed by atoms with Gasteiger partial charge in [-0.25, -0.2) is 9.97 Å². The van der Waals surface area contributed by atoms with Crippen LogP contribution in [0.5, 0.6) is 5.75 Å². The van der Waals surface area contributed by atoms with E-state index >= 15 is 0 Å². The van der Waals surface area contributed by atoms with E-state index in [9.17, 15) is 0 Å². The maximum atomic E-state index is 5.62. The SMILES string of the molecule is CCOc1cncnc1-c1cccc2ccccc12. The second-order valence-corrected chi connectivity index (χ2v) is 4.20. The van der Waals surface area contributed by atoms with E-state index in [2.05, 4.69) is 34.2 Å². The van der Waals surface area contributed by atoms with Crippen molar-refractivity contribution in [3.05, 3.63) is 55.0 Å². The van der Waals surface area contributed by atoms with Crippen LogP contribution >= 0.6 is 0 Å². The maximum absolute atomic E-state index is 5.62. The number of rotatable bonds is 3. The predicted octanol–water partition coefficient (Wildman–Crippen LogP) is 3.70. The first-order chi connectivity index (χ1) is 9.40. The number of fused-ring (bicyclic) bond motifs is 1. The lowest BCUT2D eigenvalue weighted by Gasteiger charge is -2.10. The minimum absolute atomic E-state index is 0.602. The van der Waals surface area contributed by atoms with Crippen molar-refractivity contribution in [1.29, 1.82) is 0 Å². The van der Waals surface area contributed by atoms with Crippen LogP contribution in [0.4, 0.5) is 0 Å². The van der Waals surface area contributed by atoms with Crippen LogP contribution in [0.3, 0.4) is 0 Å². The maximum Gasteiger partial charge on any atom is 0.163 e. The molecule has 0 fully saturated rings. The fourth-order valence-electron chi connectivity index (χ4n) is 2.21. The summed E-state index contributed by atoms with van der Waals surface area (Å²) in [7, 11) is 0. The van der Waals surface area contributed by atoms with Gasteiger partial charge in [0.05, 0.1) is 12.8 Å². The molecular weight excluding hydrogens is 236 g/mol. The van der Waals surface area contributed by atoms with Crippen molar-refractivity contribution in [2.45, 2.75) is 6.92 Å². The van der Waals surface area contributed by atoms with Crippen molar-refractivity contribution in [2.24, 2.45) is 0 Å². The molecule has 1 heterocycles. The molecule has 0 aliphatic heterocycles. The number of nitrogens with zero attached hydrogens (tertiary/aromatic N) is 2. The number of benzene rings is 2.